The van der Waals surface area contributed by atoms with Crippen molar-refractivity contribution in [2.75, 3.05) is 12.3 Å². The summed E-state index contributed by atoms with van der Waals surface area (Å²) in [6.07, 6.45) is 3.15. The van der Waals surface area contributed by atoms with Crippen LogP contribution in [0.4, 0.5) is 0 Å². The molecule has 5 nitrogen and oxygen atoms in total. The average molecular weight is 207 g/mol. The van der Waals surface area contributed by atoms with Crippen molar-refractivity contribution in [3.8, 4) is 0 Å². The van der Waals surface area contributed by atoms with E-state index in [1.807, 2.05) is 0 Å². The second-order valence-electron chi connectivity index (χ2n) is 3.28. The fraction of sp³-hybridized carbons (Fsp3) is 0.857. The summed E-state index contributed by atoms with van der Waals surface area (Å²) in [7, 11) is -3.60. The molecule has 0 atom stereocenters. The number of sulfonamides is 1. The van der Waals surface area contributed by atoms with Crippen molar-refractivity contribution in [1.82, 2.24) is 4.72 Å². The summed E-state index contributed by atoms with van der Waals surface area (Å²) >= 11 is 0. The summed E-state index contributed by atoms with van der Waals surface area (Å²) in [5.41, 5.74) is 0. The molecule has 76 valence electrons. The Morgan fingerprint density at radius 2 is 2.08 bits per heavy atom. The van der Waals surface area contributed by atoms with Gasteiger partial charge in [-0.15, -0.1) is 0 Å². The number of hydrogen-bond donors (Lipinski definition) is 2. The molecule has 1 fully saturated rings. The van der Waals surface area contributed by atoms with Crippen molar-refractivity contribution in [1.29, 1.82) is 0 Å². The van der Waals surface area contributed by atoms with Crippen molar-refractivity contribution in [3.05, 3.63) is 0 Å². The molecule has 2 N–H and O–H groups in total. The zero-order valence-electron chi connectivity index (χ0n) is 7.19. The summed E-state index contributed by atoms with van der Waals surface area (Å²) in [6.45, 7) is 0.361. The number of hydrogen-bond acceptors (Lipinski definition) is 3. The predicted molar refractivity (Wildman–Crippen MR) is 46.8 cm³/mol. The SMILES string of the molecule is O=C(O)CS(=O)(=O)NCCC1CC1. The fourth-order valence-corrected chi connectivity index (χ4v) is 1.89. The molecule has 0 aromatic heterocycles. The number of aliphatic carboxylic acids is 1. The van der Waals surface area contributed by atoms with Gasteiger partial charge in [0.25, 0.3) is 0 Å². The minimum Gasteiger partial charge on any atom is -0.480 e. The Hall–Kier alpha value is -0.620. The van der Waals surface area contributed by atoms with Gasteiger partial charge in [-0.05, 0) is 12.3 Å². The van der Waals surface area contributed by atoms with Crippen molar-refractivity contribution in [2.45, 2.75) is 19.3 Å². The lowest BCUT2D eigenvalue weighted by Crippen LogP contribution is -2.30. The number of rotatable bonds is 6. The predicted octanol–water partition coefficient (Wildman–Crippen LogP) is -0.210. The maximum atomic E-state index is 11.0. The van der Waals surface area contributed by atoms with Gasteiger partial charge >= 0.3 is 5.97 Å². The number of carboxylic acid groups (broad SMARTS) is 1. The molecule has 13 heavy (non-hydrogen) atoms. The Morgan fingerprint density at radius 1 is 1.46 bits per heavy atom. The lowest BCUT2D eigenvalue weighted by molar-refractivity contribution is -0.134. The van der Waals surface area contributed by atoms with Crippen LogP contribution in [0.25, 0.3) is 0 Å². The first kappa shape index (κ1) is 10.5. The largest absolute Gasteiger partial charge is 0.480 e. The van der Waals surface area contributed by atoms with Crippen LogP contribution in [0.5, 0.6) is 0 Å². The molecule has 1 aliphatic rings. The molecule has 0 bridgehead atoms. The van der Waals surface area contributed by atoms with Gasteiger partial charge in [0.05, 0.1) is 0 Å². The molecule has 0 unspecified atom stereocenters. The van der Waals surface area contributed by atoms with Gasteiger partial charge in [-0.2, -0.15) is 0 Å². The highest BCUT2D eigenvalue weighted by Crippen LogP contribution is 2.31. The molecule has 0 aliphatic heterocycles. The van der Waals surface area contributed by atoms with E-state index in [0.29, 0.717) is 12.5 Å². The molecule has 0 spiro atoms. The maximum Gasteiger partial charge on any atom is 0.320 e. The quantitative estimate of drug-likeness (QED) is 0.631. The van der Waals surface area contributed by atoms with E-state index in [-0.39, 0.29) is 0 Å². The van der Waals surface area contributed by atoms with Crippen molar-refractivity contribution in [3.63, 3.8) is 0 Å². The van der Waals surface area contributed by atoms with Crippen LogP contribution in [0, 0.1) is 5.92 Å². The Kier molecular flexibility index (Phi) is 3.27. The highest BCUT2D eigenvalue weighted by molar-refractivity contribution is 7.90. The van der Waals surface area contributed by atoms with Gasteiger partial charge in [-0.3, -0.25) is 4.79 Å². The summed E-state index contributed by atoms with van der Waals surface area (Å²) in [5, 5.41) is 8.25. The molecule has 0 radical (unpaired) electrons. The van der Waals surface area contributed by atoms with Gasteiger partial charge in [0, 0.05) is 6.54 Å². The molecule has 0 heterocycles. The lowest BCUT2D eigenvalue weighted by atomic mass is 10.3. The molecule has 0 amide bonds. The first-order chi connectivity index (χ1) is 5.99. The van der Waals surface area contributed by atoms with E-state index in [1.54, 1.807) is 0 Å². The van der Waals surface area contributed by atoms with Crippen LogP contribution in [0.2, 0.25) is 0 Å². The van der Waals surface area contributed by atoms with E-state index in [9.17, 15) is 13.2 Å². The van der Waals surface area contributed by atoms with Crippen LogP contribution < -0.4 is 4.72 Å². The van der Waals surface area contributed by atoms with Crippen LogP contribution >= 0.6 is 0 Å². The third-order valence-corrected chi connectivity index (χ3v) is 3.16. The Morgan fingerprint density at radius 3 is 2.54 bits per heavy atom. The van der Waals surface area contributed by atoms with E-state index >= 15 is 0 Å². The number of carbonyl (C=O) groups is 1. The molecular weight excluding hydrogens is 194 g/mol. The van der Waals surface area contributed by atoms with Gasteiger partial charge in [0.1, 0.15) is 0 Å². The van der Waals surface area contributed by atoms with E-state index in [4.69, 9.17) is 5.11 Å². The molecular formula is C7H13NO4S. The molecule has 0 aromatic carbocycles. The van der Waals surface area contributed by atoms with Crippen LogP contribution in [0.3, 0.4) is 0 Å². The van der Waals surface area contributed by atoms with Gasteiger partial charge < -0.3 is 5.11 Å². The highest BCUT2D eigenvalue weighted by atomic mass is 32.2. The van der Waals surface area contributed by atoms with Crippen molar-refractivity contribution in [2.24, 2.45) is 5.92 Å². The lowest BCUT2D eigenvalue weighted by Gasteiger charge is -2.02. The second-order valence-corrected chi connectivity index (χ2v) is 5.09. The molecule has 0 saturated heterocycles. The van der Waals surface area contributed by atoms with Crippen LogP contribution in [-0.2, 0) is 14.8 Å². The molecule has 6 heteroatoms. The van der Waals surface area contributed by atoms with Gasteiger partial charge in [0.15, 0.2) is 5.75 Å². The smallest absolute Gasteiger partial charge is 0.320 e. The van der Waals surface area contributed by atoms with E-state index in [2.05, 4.69) is 4.72 Å². The molecule has 1 rings (SSSR count). The van der Waals surface area contributed by atoms with Gasteiger partial charge in [-0.1, -0.05) is 12.8 Å². The second kappa shape index (κ2) is 4.06. The summed E-state index contributed by atoms with van der Waals surface area (Å²) in [4.78, 5) is 10.1. The minimum atomic E-state index is -3.60. The maximum absolute atomic E-state index is 11.0. The minimum absolute atomic E-state index is 0.361. The first-order valence-electron chi connectivity index (χ1n) is 4.19. The topological polar surface area (TPSA) is 83.5 Å². The van der Waals surface area contributed by atoms with Crippen LogP contribution in [0.15, 0.2) is 0 Å². The molecule has 0 aromatic rings. The molecule has 1 saturated carbocycles. The highest BCUT2D eigenvalue weighted by Gasteiger charge is 2.22. The zero-order chi connectivity index (χ0) is 9.90. The Labute approximate surface area is 77.2 Å². The summed E-state index contributed by atoms with van der Waals surface area (Å²) < 4.78 is 24.2. The summed E-state index contributed by atoms with van der Waals surface area (Å²) in [6, 6.07) is 0. The van der Waals surface area contributed by atoms with E-state index < -0.39 is 21.7 Å². The normalized spacial score (nSPS) is 17.2. The first-order valence-corrected chi connectivity index (χ1v) is 5.84. The number of carboxylic acids is 1. The zero-order valence-corrected chi connectivity index (χ0v) is 8.01. The van der Waals surface area contributed by atoms with Crippen molar-refractivity contribution >= 4 is 16.0 Å². The number of nitrogens with one attached hydrogen (secondary N) is 1. The monoisotopic (exact) mass is 207 g/mol. The van der Waals surface area contributed by atoms with Crippen molar-refractivity contribution < 1.29 is 18.3 Å². The van der Waals surface area contributed by atoms with Gasteiger partial charge in [-0.25, -0.2) is 13.1 Å². The standard InChI is InChI=1S/C7H13NO4S/c9-7(10)5-13(11,12)8-4-3-6-1-2-6/h6,8H,1-5H2,(H,9,10). The third-order valence-electron chi connectivity index (χ3n) is 1.88. The molecule has 1 aliphatic carbocycles. The van der Waals surface area contributed by atoms with E-state index in [0.717, 1.165) is 6.42 Å². The Bertz CT molecular complexity index is 281. The third kappa shape index (κ3) is 4.84. The van der Waals surface area contributed by atoms with Crippen LogP contribution in [-0.4, -0.2) is 31.8 Å². The van der Waals surface area contributed by atoms with E-state index in [1.165, 1.54) is 12.8 Å². The van der Waals surface area contributed by atoms with Crippen LogP contribution in [0.1, 0.15) is 19.3 Å². The average Bonchev–Trinajstić information content (AvgIpc) is 2.67. The summed E-state index contributed by atoms with van der Waals surface area (Å²) in [5.74, 6) is -1.51. The Balaban J connectivity index is 2.20. The van der Waals surface area contributed by atoms with Gasteiger partial charge in [0.2, 0.25) is 10.0 Å². The fourth-order valence-electron chi connectivity index (χ4n) is 1.04.